The highest BCUT2D eigenvalue weighted by molar-refractivity contribution is 4.71. The van der Waals surface area contributed by atoms with Gasteiger partial charge < -0.3 is 21.4 Å². The van der Waals surface area contributed by atoms with Crippen LogP contribution < -0.4 is 11.5 Å². The second-order valence-corrected chi connectivity index (χ2v) is 2.18. The Hall–Kier alpha value is -0.200. The Kier molecular flexibility index (Phi) is 5.73. The number of hydrogen-bond donors (Lipinski definition) is 4. The average Bonchev–Trinajstić information content (AvgIpc) is 1.64. The minimum absolute atomic E-state index is 0. The molecule has 0 aliphatic carbocycles. The molecule has 0 bridgehead atoms. The number of rotatable bonds is 3. The molecular formula is C5H16N2O3. The summed E-state index contributed by atoms with van der Waals surface area (Å²) in [4.78, 5) is 0. The summed E-state index contributed by atoms with van der Waals surface area (Å²) in [5, 5.41) is 17.3. The average molecular weight is 152 g/mol. The molecule has 0 radical (unpaired) electrons. The fraction of sp³-hybridized carbons (Fsp3) is 1.00. The molecule has 10 heavy (non-hydrogen) atoms. The fourth-order valence-electron chi connectivity index (χ4n) is 0.523. The molecule has 0 aliphatic rings. The standard InChI is InChI=1S/C5H14N2O2.H2O/c1-2-3-4(6)5(7,8)9;/h4,8-9H,2-3,6-7H2,1H3;1H2. The molecule has 0 aromatic carbocycles. The molecule has 0 aromatic heterocycles. The van der Waals surface area contributed by atoms with E-state index in [4.69, 9.17) is 21.7 Å². The predicted molar refractivity (Wildman–Crippen MR) is 37.9 cm³/mol. The zero-order valence-corrected chi connectivity index (χ0v) is 6.04. The summed E-state index contributed by atoms with van der Waals surface area (Å²) >= 11 is 0. The zero-order valence-electron chi connectivity index (χ0n) is 6.04. The first-order chi connectivity index (χ1) is 3.98. The highest BCUT2D eigenvalue weighted by atomic mass is 16.5. The van der Waals surface area contributed by atoms with Crippen LogP contribution in [0.15, 0.2) is 0 Å². The summed E-state index contributed by atoms with van der Waals surface area (Å²) in [7, 11) is 0. The van der Waals surface area contributed by atoms with Crippen molar-refractivity contribution in [2.45, 2.75) is 31.7 Å². The summed E-state index contributed by atoms with van der Waals surface area (Å²) in [6.45, 7) is 1.89. The Balaban J connectivity index is 0. The van der Waals surface area contributed by atoms with E-state index in [-0.39, 0.29) is 5.48 Å². The van der Waals surface area contributed by atoms with E-state index in [0.717, 1.165) is 6.42 Å². The van der Waals surface area contributed by atoms with Gasteiger partial charge in [0, 0.05) is 0 Å². The molecule has 0 heterocycles. The predicted octanol–water partition coefficient (Wildman–Crippen LogP) is -2.11. The van der Waals surface area contributed by atoms with Crippen molar-refractivity contribution < 1.29 is 15.7 Å². The molecule has 0 rings (SSSR count). The van der Waals surface area contributed by atoms with Gasteiger partial charge in [0.05, 0.1) is 6.04 Å². The van der Waals surface area contributed by atoms with Crippen LogP contribution in [-0.4, -0.2) is 27.6 Å². The first-order valence-electron chi connectivity index (χ1n) is 2.97. The molecule has 0 saturated heterocycles. The van der Waals surface area contributed by atoms with Gasteiger partial charge in [-0.3, -0.25) is 5.73 Å². The minimum atomic E-state index is -2.21. The molecule has 1 atom stereocenters. The van der Waals surface area contributed by atoms with Gasteiger partial charge in [-0.2, -0.15) is 0 Å². The van der Waals surface area contributed by atoms with Crippen LogP contribution in [0, 0.1) is 0 Å². The monoisotopic (exact) mass is 152 g/mol. The van der Waals surface area contributed by atoms with E-state index >= 15 is 0 Å². The van der Waals surface area contributed by atoms with Gasteiger partial charge in [-0.1, -0.05) is 13.3 Å². The van der Waals surface area contributed by atoms with Gasteiger partial charge >= 0.3 is 0 Å². The maximum absolute atomic E-state index is 8.63. The number of hydrogen-bond acceptors (Lipinski definition) is 4. The molecule has 64 valence electrons. The zero-order chi connectivity index (χ0) is 7.49. The van der Waals surface area contributed by atoms with Crippen molar-refractivity contribution in [2.75, 3.05) is 0 Å². The minimum Gasteiger partial charge on any atom is -0.412 e. The first-order valence-corrected chi connectivity index (χ1v) is 2.97. The van der Waals surface area contributed by atoms with E-state index in [0.29, 0.717) is 6.42 Å². The maximum Gasteiger partial charge on any atom is 0.235 e. The summed E-state index contributed by atoms with van der Waals surface area (Å²) in [6, 6.07) is -0.748. The highest BCUT2D eigenvalue weighted by Crippen LogP contribution is 2.01. The van der Waals surface area contributed by atoms with E-state index in [1.54, 1.807) is 0 Å². The number of nitrogens with two attached hydrogens (primary N) is 2. The molecule has 5 nitrogen and oxygen atoms in total. The Morgan fingerprint density at radius 1 is 1.50 bits per heavy atom. The summed E-state index contributed by atoms with van der Waals surface area (Å²) in [5.74, 6) is -2.21. The Morgan fingerprint density at radius 3 is 2.00 bits per heavy atom. The molecule has 1 unspecified atom stereocenters. The van der Waals surface area contributed by atoms with Crippen LogP contribution in [0.2, 0.25) is 0 Å². The number of aliphatic hydroxyl groups is 2. The van der Waals surface area contributed by atoms with Gasteiger partial charge in [0.2, 0.25) is 5.91 Å². The lowest BCUT2D eigenvalue weighted by Gasteiger charge is -2.22. The van der Waals surface area contributed by atoms with E-state index in [1.807, 2.05) is 6.92 Å². The Labute approximate surface area is 59.9 Å². The van der Waals surface area contributed by atoms with Crippen LogP contribution in [0.1, 0.15) is 19.8 Å². The van der Waals surface area contributed by atoms with Gasteiger partial charge in [-0.05, 0) is 6.42 Å². The second kappa shape index (κ2) is 4.59. The van der Waals surface area contributed by atoms with Crippen LogP contribution in [0.3, 0.4) is 0 Å². The first kappa shape index (κ1) is 12.5. The molecule has 5 heteroatoms. The molecule has 0 amide bonds. The largest absolute Gasteiger partial charge is 0.412 e. The van der Waals surface area contributed by atoms with Crippen molar-refractivity contribution in [3.05, 3.63) is 0 Å². The highest BCUT2D eigenvalue weighted by Gasteiger charge is 2.24. The third kappa shape index (κ3) is 4.66. The van der Waals surface area contributed by atoms with Crippen LogP contribution >= 0.6 is 0 Å². The van der Waals surface area contributed by atoms with E-state index in [9.17, 15) is 0 Å². The van der Waals surface area contributed by atoms with Crippen molar-refractivity contribution in [3.63, 3.8) is 0 Å². The van der Waals surface area contributed by atoms with Gasteiger partial charge in [0.1, 0.15) is 0 Å². The molecule has 0 aromatic rings. The molecular weight excluding hydrogens is 136 g/mol. The van der Waals surface area contributed by atoms with Crippen molar-refractivity contribution in [2.24, 2.45) is 11.5 Å². The quantitative estimate of drug-likeness (QED) is 0.345. The Morgan fingerprint density at radius 2 is 1.90 bits per heavy atom. The lowest BCUT2D eigenvalue weighted by atomic mass is 10.1. The normalized spacial score (nSPS) is 14.1. The van der Waals surface area contributed by atoms with Crippen molar-refractivity contribution in [1.82, 2.24) is 0 Å². The summed E-state index contributed by atoms with van der Waals surface area (Å²) in [6.07, 6.45) is 1.31. The third-order valence-electron chi connectivity index (χ3n) is 1.15. The smallest absolute Gasteiger partial charge is 0.235 e. The second-order valence-electron chi connectivity index (χ2n) is 2.18. The van der Waals surface area contributed by atoms with Gasteiger partial charge in [0.25, 0.3) is 0 Å². The van der Waals surface area contributed by atoms with E-state index in [2.05, 4.69) is 0 Å². The summed E-state index contributed by atoms with van der Waals surface area (Å²) in [5.41, 5.74) is 10.1. The van der Waals surface area contributed by atoms with Crippen molar-refractivity contribution >= 4 is 0 Å². The maximum atomic E-state index is 8.63. The van der Waals surface area contributed by atoms with E-state index < -0.39 is 12.0 Å². The molecule has 0 saturated carbocycles. The molecule has 0 fully saturated rings. The van der Waals surface area contributed by atoms with Gasteiger partial charge in [-0.15, -0.1) is 0 Å². The van der Waals surface area contributed by atoms with Crippen LogP contribution in [0.5, 0.6) is 0 Å². The topological polar surface area (TPSA) is 124 Å². The lowest BCUT2D eigenvalue weighted by Crippen LogP contribution is -2.55. The molecule has 8 N–H and O–H groups in total. The lowest BCUT2D eigenvalue weighted by molar-refractivity contribution is -0.172. The van der Waals surface area contributed by atoms with Crippen molar-refractivity contribution in [1.29, 1.82) is 0 Å². The summed E-state index contributed by atoms with van der Waals surface area (Å²) < 4.78 is 0. The Bertz CT molecular complexity index is 81.5. The van der Waals surface area contributed by atoms with E-state index in [1.165, 1.54) is 0 Å². The van der Waals surface area contributed by atoms with Gasteiger partial charge in [-0.25, -0.2) is 0 Å². The van der Waals surface area contributed by atoms with Crippen LogP contribution in [0.25, 0.3) is 0 Å². The van der Waals surface area contributed by atoms with Gasteiger partial charge in [0.15, 0.2) is 0 Å². The van der Waals surface area contributed by atoms with Crippen LogP contribution in [-0.2, 0) is 0 Å². The van der Waals surface area contributed by atoms with Crippen LogP contribution in [0.4, 0.5) is 0 Å². The SMILES string of the molecule is CCCC(N)C(N)(O)O.O. The van der Waals surface area contributed by atoms with Crippen molar-refractivity contribution in [3.8, 4) is 0 Å². The third-order valence-corrected chi connectivity index (χ3v) is 1.15. The fourth-order valence-corrected chi connectivity index (χ4v) is 0.523. The molecule has 0 spiro atoms. The molecule has 0 aliphatic heterocycles.